The summed E-state index contributed by atoms with van der Waals surface area (Å²) in [7, 11) is 1.73. The maximum absolute atomic E-state index is 5.62. The van der Waals surface area contributed by atoms with Crippen molar-refractivity contribution in [2.45, 2.75) is 26.3 Å². The number of rotatable bonds is 6. The molecule has 86 valence electrons. The molecule has 0 aliphatic heterocycles. The van der Waals surface area contributed by atoms with Crippen LogP contribution in [0.1, 0.15) is 29.8 Å². The van der Waals surface area contributed by atoms with Crippen LogP contribution in [0.3, 0.4) is 0 Å². The highest BCUT2D eigenvalue weighted by molar-refractivity contribution is 7.10. The first-order valence-corrected chi connectivity index (χ1v) is 6.07. The summed E-state index contributed by atoms with van der Waals surface area (Å²) in [5.74, 6) is 6.10. The molecule has 0 saturated heterocycles. The highest BCUT2D eigenvalue weighted by Crippen LogP contribution is 2.30. The number of thiophene rings is 1. The molecule has 1 aromatic rings. The Balaban J connectivity index is 2.67. The van der Waals surface area contributed by atoms with Crippen molar-refractivity contribution in [3.63, 3.8) is 0 Å². The van der Waals surface area contributed by atoms with Gasteiger partial charge in [-0.25, -0.2) is 0 Å². The summed E-state index contributed by atoms with van der Waals surface area (Å²) in [6.07, 6.45) is 1.02. The maximum Gasteiger partial charge on any atom is 0.0582 e. The lowest BCUT2D eigenvalue weighted by molar-refractivity contribution is 0.170. The minimum Gasteiger partial charge on any atom is -0.385 e. The Morgan fingerprint density at radius 1 is 1.60 bits per heavy atom. The first-order valence-electron chi connectivity index (χ1n) is 5.19. The molecule has 0 spiro atoms. The summed E-state index contributed by atoms with van der Waals surface area (Å²) < 4.78 is 5.09. The molecule has 0 aliphatic carbocycles. The number of hydrazine groups is 1. The molecular formula is C11H20N2OS. The van der Waals surface area contributed by atoms with Crippen molar-refractivity contribution in [1.29, 1.82) is 0 Å². The van der Waals surface area contributed by atoms with Crippen molar-refractivity contribution in [3.05, 3.63) is 21.9 Å². The van der Waals surface area contributed by atoms with Gasteiger partial charge in [0.1, 0.15) is 0 Å². The molecule has 0 radical (unpaired) electrons. The molecule has 4 heteroatoms. The van der Waals surface area contributed by atoms with Gasteiger partial charge >= 0.3 is 0 Å². The third kappa shape index (κ3) is 3.28. The quantitative estimate of drug-likeness (QED) is 0.580. The number of nitrogens with one attached hydrogen (secondary N) is 1. The molecular weight excluding hydrogens is 208 g/mol. The summed E-state index contributed by atoms with van der Waals surface area (Å²) in [5.41, 5.74) is 4.22. The van der Waals surface area contributed by atoms with E-state index < -0.39 is 0 Å². The van der Waals surface area contributed by atoms with Crippen molar-refractivity contribution in [3.8, 4) is 0 Å². The zero-order valence-electron chi connectivity index (χ0n) is 9.62. The van der Waals surface area contributed by atoms with Gasteiger partial charge in [0.25, 0.3) is 0 Å². The van der Waals surface area contributed by atoms with E-state index in [2.05, 4.69) is 30.7 Å². The van der Waals surface area contributed by atoms with Gasteiger partial charge < -0.3 is 4.74 Å². The normalized spacial score (nSPS) is 15.2. The van der Waals surface area contributed by atoms with E-state index in [9.17, 15) is 0 Å². The lowest BCUT2D eigenvalue weighted by Crippen LogP contribution is -2.32. The second-order valence-electron chi connectivity index (χ2n) is 3.87. The van der Waals surface area contributed by atoms with Crippen LogP contribution < -0.4 is 11.3 Å². The largest absolute Gasteiger partial charge is 0.385 e. The van der Waals surface area contributed by atoms with E-state index in [1.54, 1.807) is 18.4 Å². The SMILES string of the molecule is COCCC(C)C(NN)c1sccc1C. The van der Waals surface area contributed by atoms with Gasteiger partial charge in [-0.3, -0.25) is 11.3 Å². The number of methoxy groups -OCH3 is 1. The third-order valence-electron chi connectivity index (χ3n) is 2.71. The van der Waals surface area contributed by atoms with Crippen LogP contribution in [0.15, 0.2) is 11.4 Å². The predicted molar refractivity (Wildman–Crippen MR) is 64.8 cm³/mol. The zero-order chi connectivity index (χ0) is 11.3. The van der Waals surface area contributed by atoms with Gasteiger partial charge in [0.05, 0.1) is 6.04 Å². The molecule has 0 amide bonds. The monoisotopic (exact) mass is 228 g/mol. The van der Waals surface area contributed by atoms with Gasteiger partial charge in [0.2, 0.25) is 0 Å². The number of aryl methyl sites for hydroxylation is 1. The number of hydrogen-bond donors (Lipinski definition) is 2. The van der Waals surface area contributed by atoms with Crippen molar-refractivity contribution >= 4 is 11.3 Å². The first-order chi connectivity index (χ1) is 7.20. The van der Waals surface area contributed by atoms with Crippen molar-refractivity contribution in [2.75, 3.05) is 13.7 Å². The number of hydrogen-bond acceptors (Lipinski definition) is 4. The fourth-order valence-corrected chi connectivity index (χ4v) is 2.79. The average Bonchev–Trinajstić information content (AvgIpc) is 2.63. The van der Waals surface area contributed by atoms with E-state index >= 15 is 0 Å². The molecule has 3 N–H and O–H groups in total. The van der Waals surface area contributed by atoms with Crippen LogP contribution in [-0.2, 0) is 4.74 Å². The van der Waals surface area contributed by atoms with Gasteiger partial charge in [0, 0.05) is 18.6 Å². The van der Waals surface area contributed by atoms with E-state index in [-0.39, 0.29) is 6.04 Å². The second kappa shape index (κ2) is 6.23. The van der Waals surface area contributed by atoms with Gasteiger partial charge in [-0.15, -0.1) is 11.3 Å². The average molecular weight is 228 g/mol. The van der Waals surface area contributed by atoms with Crippen molar-refractivity contribution in [1.82, 2.24) is 5.43 Å². The van der Waals surface area contributed by atoms with E-state index in [0.717, 1.165) is 13.0 Å². The second-order valence-corrected chi connectivity index (χ2v) is 4.82. The summed E-state index contributed by atoms with van der Waals surface area (Å²) in [5, 5.41) is 2.11. The zero-order valence-corrected chi connectivity index (χ0v) is 10.4. The Hall–Kier alpha value is -0.420. The van der Waals surface area contributed by atoms with Gasteiger partial charge in [-0.2, -0.15) is 0 Å². The van der Waals surface area contributed by atoms with Crippen LogP contribution in [0.25, 0.3) is 0 Å². The van der Waals surface area contributed by atoms with E-state index in [1.165, 1.54) is 10.4 Å². The minimum atomic E-state index is 0.236. The van der Waals surface area contributed by atoms with Crippen LogP contribution in [0.4, 0.5) is 0 Å². The molecule has 0 aromatic carbocycles. The standard InChI is InChI=1S/C11H20N2OS/c1-8(4-6-14-3)10(13-12)11-9(2)5-7-15-11/h5,7-8,10,13H,4,6,12H2,1-3H3. The topological polar surface area (TPSA) is 47.3 Å². The summed E-state index contributed by atoms with van der Waals surface area (Å²) >= 11 is 1.76. The molecule has 1 rings (SSSR count). The van der Waals surface area contributed by atoms with Gasteiger partial charge in [0.15, 0.2) is 0 Å². The molecule has 1 aromatic heterocycles. The molecule has 0 bridgehead atoms. The fourth-order valence-electron chi connectivity index (χ4n) is 1.67. The Morgan fingerprint density at radius 2 is 2.33 bits per heavy atom. The third-order valence-corrected chi connectivity index (χ3v) is 3.81. The molecule has 15 heavy (non-hydrogen) atoms. The number of ether oxygens (including phenoxy) is 1. The highest BCUT2D eigenvalue weighted by atomic mass is 32.1. The molecule has 3 nitrogen and oxygen atoms in total. The fraction of sp³-hybridized carbons (Fsp3) is 0.636. The predicted octanol–water partition coefficient (Wildman–Crippen LogP) is 2.23. The van der Waals surface area contributed by atoms with Crippen LogP contribution in [0.5, 0.6) is 0 Å². The van der Waals surface area contributed by atoms with Crippen molar-refractivity contribution < 1.29 is 4.74 Å². The van der Waals surface area contributed by atoms with E-state index in [4.69, 9.17) is 10.6 Å². The molecule has 0 fully saturated rings. The molecule has 0 aliphatic rings. The van der Waals surface area contributed by atoms with E-state index in [0.29, 0.717) is 5.92 Å². The Morgan fingerprint density at radius 3 is 2.80 bits per heavy atom. The highest BCUT2D eigenvalue weighted by Gasteiger charge is 2.20. The number of nitrogens with two attached hydrogens (primary N) is 1. The van der Waals surface area contributed by atoms with E-state index in [1.807, 2.05) is 0 Å². The molecule has 2 atom stereocenters. The minimum absolute atomic E-state index is 0.236. The van der Waals surface area contributed by atoms with Crippen LogP contribution in [-0.4, -0.2) is 13.7 Å². The molecule has 0 saturated carbocycles. The van der Waals surface area contributed by atoms with Gasteiger partial charge in [-0.05, 0) is 36.3 Å². The Kier molecular flexibility index (Phi) is 5.25. The molecule has 1 heterocycles. The summed E-state index contributed by atoms with van der Waals surface area (Å²) in [4.78, 5) is 1.33. The lowest BCUT2D eigenvalue weighted by atomic mass is 9.96. The van der Waals surface area contributed by atoms with Crippen LogP contribution >= 0.6 is 11.3 Å². The van der Waals surface area contributed by atoms with Crippen LogP contribution in [0, 0.1) is 12.8 Å². The lowest BCUT2D eigenvalue weighted by Gasteiger charge is -2.22. The Bertz CT molecular complexity index is 288. The first kappa shape index (κ1) is 12.6. The molecule has 2 unspecified atom stereocenters. The van der Waals surface area contributed by atoms with Crippen molar-refractivity contribution in [2.24, 2.45) is 11.8 Å². The smallest absolute Gasteiger partial charge is 0.0582 e. The maximum atomic E-state index is 5.62. The Labute approximate surface area is 95.6 Å². The summed E-state index contributed by atoms with van der Waals surface area (Å²) in [6, 6.07) is 2.37. The summed E-state index contributed by atoms with van der Waals surface area (Å²) in [6.45, 7) is 5.10. The van der Waals surface area contributed by atoms with Gasteiger partial charge in [-0.1, -0.05) is 6.92 Å². The van der Waals surface area contributed by atoms with Crippen LogP contribution in [0.2, 0.25) is 0 Å².